The third-order valence-corrected chi connectivity index (χ3v) is 9.82. The van der Waals surface area contributed by atoms with Crippen molar-refractivity contribution >= 4 is 48.5 Å². The predicted octanol–water partition coefficient (Wildman–Crippen LogP) is 5.88. The number of sulfonamides is 1. The van der Waals surface area contributed by atoms with Gasteiger partial charge in [0.05, 0.1) is 37.7 Å². The molecule has 4 rings (SSSR count). The molecule has 0 fully saturated rings. The Morgan fingerprint density at radius 1 is 1.02 bits per heavy atom. The van der Waals surface area contributed by atoms with Crippen molar-refractivity contribution in [2.45, 2.75) is 37.5 Å². The van der Waals surface area contributed by atoms with Crippen LogP contribution in [0.1, 0.15) is 31.6 Å². The first-order chi connectivity index (χ1) is 18.5. The fourth-order valence-corrected chi connectivity index (χ4v) is 6.74. The van der Waals surface area contributed by atoms with Gasteiger partial charge in [-0.3, -0.25) is 4.72 Å². The van der Waals surface area contributed by atoms with E-state index >= 15 is 0 Å². The number of nitrogens with zero attached hydrogens (tertiary/aromatic N) is 3. The molecule has 14 heteroatoms. The Balaban J connectivity index is 1.81. The number of aryl methyl sites for hydroxylation is 1. The Bertz CT molecular complexity index is 1800. The molecule has 0 aliphatic rings. The predicted molar refractivity (Wildman–Crippen MR) is 153 cm³/mol. The topological polar surface area (TPSA) is 119 Å². The van der Waals surface area contributed by atoms with Crippen LogP contribution in [0.5, 0.6) is 0 Å². The van der Waals surface area contributed by atoms with Crippen molar-refractivity contribution < 1.29 is 25.6 Å². The minimum atomic E-state index is -4.53. The summed E-state index contributed by atoms with van der Waals surface area (Å²) >= 11 is 8.06. The molecule has 0 aliphatic carbocycles. The monoisotopic (exact) mass is 626 g/mol. The van der Waals surface area contributed by atoms with Gasteiger partial charge in [0.1, 0.15) is 32.2 Å². The molecule has 0 spiro atoms. The lowest BCUT2D eigenvalue weighted by Gasteiger charge is -2.14. The van der Waals surface area contributed by atoms with Gasteiger partial charge in [0.25, 0.3) is 10.0 Å². The van der Waals surface area contributed by atoms with E-state index in [0.29, 0.717) is 33.7 Å². The molecule has 8 nitrogen and oxygen atoms in total. The average molecular weight is 627 g/mol. The minimum Gasteiger partial charge on any atom is -0.278 e. The van der Waals surface area contributed by atoms with Crippen LogP contribution in [0.25, 0.3) is 21.8 Å². The van der Waals surface area contributed by atoms with Gasteiger partial charge >= 0.3 is 0 Å². The number of halogens is 3. The smallest absolute Gasteiger partial charge is 0.264 e. The summed E-state index contributed by atoms with van der Waals surface area (Å²) in [5.41, 5.74) is 0.871. The summed E-state index contributed by atoms with van der Waals surface area (Å²) in [4.78, 5) is 13.3. The van der Waals surface area contributed by atoms with E-state index in [1.807, 2.05) is 20.8 Å². The van der Waals surface area contributed by atoms with Crippen molar-refractivity contribution in [2.75, 3.05) is 16.7 Å². The molecule has 212 valence electrons. The lowest BCUT2D eigenvalue weighted by atomic mass is 9.98. The van der Waals surface area contributed by atoms with E-state index in [-0.39, 0.29) is 28.3 Å². The van der Waals surface area contributed by atoms with Gasteiger partial charge in [-0.15, -0.1) is 11.3 Å². The summed E-state index contributed by atoms with van der Waals surface area (Å²) in [6.07, 6.45) is 2.79. The van der Waals surface area contributed by atoms with Crippen molar-refractivity contribution in [2.24, 2.45) is 0 Å². The van der Waals surface area contributed by atoms with Crippen LogP contribution in [-0.4, -0.2) is 43.8 Å². The Labute approximate surface area is 240 Å². The zero-order chi connectivity index (χ0) is 29.5. The highest BCUT2D eigenvalue weighted by Gasteiger charge is 2.27. The largest absolute Gasteiger partial charge is 0.278 e. The second-order valence-corrected chi connectivity index (χ2v) is 15.3. The first-order valence-electron chi connectivity index (χ1n) is 11.8. The zero-order valence-electron chi connectivity index (χ0n) is 21.9. The normalized spacial score (nSPS) is 12.5. The van der Waals surface area contributed by atoms with Gasteiger partial charge in [-0.05, 0) is 30.3 Å². The summed E-state index contributed by atoms with van der Waals surface area (Å²) in [6.45, 7) is 5.95. The number of benzene rings is 2. The molecule has 0 saturated carbocycles. The van der Waals surface area contributed by atoms with Gasteiger partial charge in [-0.25, -0.2) is 40.6 Å². The number of anilines is 1. The average Bonchev–Trinajstić information content (AvgIpc) is 3.31. The SMILES string of the molecule is CC(C)(C)c1nc(-c2cccc(NS(=O)(=O)c3cc(F)ccc3F)c2Cl)c(-c2ccnc(CCS(C)(=O)=O)n2)s1. The zero-order valence-corrected chi connectivity index (χ0v) is 25.1. The van der Waals surface area contributed by atoms with Crippen molar-refractivity contribution in [1.29, 1.82) is 0 Å². The molecule has 0 radical (unpaired) electrons. The van der Waals surface area contributed by atoms with Crippen LogP contribution in [-0.2, 0) is 31.7 Å². The third kappa shape index (κ3) is 6.82. The maximum absolute atomic E-state index is 14.2. The molecule has 0 bridgehead atoms. The number of nitrogens with one attached hydrogen (secondary N) is 1. The molecule has 2 aromatic carbocycles. The number of aromatic nitrogens is 3. The van der Waals surface area contributed by atoms with Gasteiger partial charge in [0.15, 0.2) is 0 Å². The second-order valence-electron chi connectivity index (χ2n) is 10.0. The molecule has 4 aromatic rings. The Morgan fingerprint density at radius 2 is 1.75 bits per heavy atom. The van der Waals surface area contributed by atoms with Crippen LogP contribution >= 0.6 is 22.9 Å². The van der Waals surface area contributed by atoms with Gasteiger partial charge in [-0.2, -0.15) is 0 Å². The molecule has 1 N–H and O–H groups in total. The molecule has 0 amide bonds. The van der Waals surface area contributed by atoms with E-state index in [1.54, 1.807) is 18.2 Å². The summed E-state index contributed by atoms with van der Waals surface area (Å²) in [6, 6.07) is 8.39. The van der Waals surface area contributed by atoms with Gasteiger partial charge < -0.3 is 0 Å². The van der Waals surface area contributed by atoms with Crippen LogP contribution < -0.4 is 4.72 Å². The van der Waals surface area contributed by atoms with Crippen molar-refractivity contribution in [3.8, 4) is 21.8 Å². The quantitative estimate of drug-likeness (QED) is 0.259. The highest BCUT2D eigenvalue weighted by atomic mass is 35.5. The fourth-order valence-electron chi connectivity index (χ4n) is 3.60. The standard InChI is InChI=1S/C26H25ClF2N4O4S3/c1-26(2,3)25-32-23(24(38-25)19-10-12-30-21(31-19)11-13-39(4,34)35)16-6-5-7-18(22(16)27)33-40(36,37)20-14-15(28)8-9-17(20)29/h5-10,12,14,33H,11,13H2,1-4H3. The van der Waals surface area contributed by atoms with E-state index in [9.17, 15) is 25.6 Å². The van der Waals surface area contributed by atoms with Crippen LogP contribution in [0.15, 0.2) is 53.6 Å². The molecule has 2 aromatic heterocycles. The number of hydrogen-bond acceptors (Lipinski definition) is 8. The van der Waals surface area contributed by atoms with Crippen LogP contribution in [0, 0.1) is 11.6 Å². The van der Waals surface area contributed by atoms with E-state index in [2.05, 4.69) is 14.7 Å². The third-order valence-electron chi connectivity index (χ3n) is 5.58. The van der Waals surface area contributed by atoms with Gasteiger partial charge in [0, 0.05) is 29.9 Å². The molecule has 0 atom stereocenters. The molecular formula is C26H25ClF2N4O4S3. The van der Waals surface area contributed by atoms with Crippen molar-refractivity contribution in [3.63, 3.8) is 0 Å². The van der Waals surface area contributed by atoms with Crippen molar-refractivity contribution in [1.82, 2.24) is 15.0 Å². The Morgan fingerprint density at radius 3 is 2.42 bits per heavy atom. The maximum Gasteiger partial charge on any atom is 0.264 e. The number of thiazole rings is 1. The summed E-state index contributed by atoms with van der Waals surface area (Å²) in [5.74, 6) is -1.80. The highest BCUT2D eigenvalue weighted by Crippen LogP contribution is 2.44. The number of sulfone groups is 1. The van der Waals surface area contributed by atoms with Gasteiger partial charge in [0.2, 0.25) is 0 Å². The van der Waals surface area contributed by atoms with Crippen molar-refractivity contribution in [3.05, 3.63) is 76.2 Å². The Kier molecular flexibility index (Phi) is 8.32. The minimum absolute atomic E-state index is 0.0127. The van der Waals surface area contributed by atoms with E-state index in [0.717, 1.165) is 23.4 Å². The van der Waals surface area contributed by atoms with Crippen LogP contribution in [0.3, 0.4) is 0 Å². The lowest BCUT2D eigenvalue weighted by molar-refractivity contribution is 0.555. The summed E-state index contributed by atoms with van der Waals surface area (Å²) in [7, 11) is -7.75. The van der Waals surface area contributed by atoms with E-state index in [4.69, 9.17) is 16.6 Å². The molecule has 2 heterocycles. The molecule has 0 aliphatic heterocycles. The Hall–Kier alpha value is -3.00. The summed E-state index contributed by atoms with van der Waals surface area (Å²) in [5, 5.41) is 0.735. The van der Waals surface area contributed by atoms with E-state index < -0.39 is 36.4 Å². The fraction of sp³-hybridized carbons (Fsp3) is 0.269. The summed E-state index contributed by atoms with van der Waals surface area (Å²) < 4.78 is 79.3. The first-order valence-corrected chi connectivity index (χ1v) is 16.6. The highest BCUT2D eigenvalue weighted by molar-refractivity contribution is 7.92. The lowest BCUT2D eigenvalue weighted by Crippen LogP contribution is -2.15. The van der Waals surface area contributed by atoms with Crippen LogP contribution in [0.4, 0.5) is 14.5 Å². The maximum atomic E-state index is 14.2. The first kappa shape index (κ1) is 30.0. The number of rotatable bonds is 8. The number of hydrogen-bond donors (Lipinski definition) is 1. The van der Waals surface area contributed by atoms with Gasteiger partial charge in [-0.1, -0.05) is 44.5 Å². The second kappa shape index (κ2) is 11.1. The molecule has 0 unspecified atom stereocenters. The van der Waals surface area contributed by atoms with E-state index in [1.165, 1.54) is 23.6 Å². The molecule has 0 saturated heterocycles. The van der Waals surface area contributed by atoms with Crippen LogP contribution in [0.2, 0.25) is 5.02 Å². The molecule has 40 heavy (non-hydrogen) atoms. The molecular weight excluding hydrogens is 602 g/mol.